The number of hydrogen-bond acceptors (Lipinski definition) is 2. The summed E-state index contributed by atoms with van der Waals surface area (Å²) in [5, 5.41) is 4.33. The lowest BCUT2D eigenvalue weighted by Gasteiger charge is -2.13. The molecule has 0 bridgehead atoms. The Labute approximate surface area is 131 Å². The molecule has 0 heterocycles. The number of amides is 2. The van der Waals surface area contributed by atoms with Crippen LogP contribution in [0.25, 0.3) is 0 Å². The summed E-state index contributed by atoms with van der Waals surface area (Å²) in [6, 6.07) is 1.52. The molecule has 1 aliphatic carbocycles. The summed E-state index contributed by atoms with van der Waals surface area (Å²) >= 11 is 0. The van der Waals surface area contributed by atoms with Gasteiger partial charge >= 0.3 is 11.8 Å². The standard InChI is InChI=1S/C16H17F3N2O2/c17-11-6-7-12(14(19)13(11)18)21-16(23)15(22)20-9-8-10-4-2-1-3-5-10/h4,6-7H,1-3,5,8-9H2,(H,20,22)(H,21,23). The van der Waals surface area contributed by atoms with Crippen molar-refractivity contribution in [2.75, 3.05) is 11.9 Å². The molecule has 0 saturated heterocycles. The fraction of sp³-hybridized carbons (Fsp3) is 0.375. The number of nitrogens with one attached hydrogen (secondary N) is 2. The zero-order valence-corrected chi connectivity index (χ0v) is 12.4. The van der Waals surface area contributed by atoms with Crippen LogP contribution in [0.15, 0.2) is 23.8 Å². The predicted octanol–water partition coefficient (Wildman–Crippen LogP) is 3.05. The molecule has 23 heavy (non-hydrogen) atoms. The van der Waals surface area contributed by atoms with E-state index < -0.39 is 35.0 Å². The average Bonchev–Trinajstić information content (AvgIpc) is 2.56. The number of hydrogen-bond donors (Lipinski definition) is 2. The monoisotopic (exact) mass is 326 g/mol. The highest BCUT2D eigenvalue weighted by molar-refractivity contribution is 6.39. The molecule has 0 fully saturated rings. The molecule has 2 N–H and O–H groups in total. The van der Waals surface area contributed by atoms with Crippen molar-refractivity contribution in [3.63, 3.8) is 0 Å². The van der Waals surface area contributed by atoms with E-state index in [-0.39, 0.29) is 0 Å². The Morgan fingerprint density at radius 3 is 2.52 bits per heavy atom. The minimum absolute atomic E-state index is 0.290. The molecule has 2 amide bonds. The van der Waals surface area contributed by atoms with Crippen LogP contribution < -0.4 is 10.6 Å². The van der Waals surface area contributed by atoms with Crippen LogP contribution in [0.2, 0.25) is 0 Å². The zero-order chi connectivity index (χ0) is 16.8. The first kappa shape index (κ1) is 17.1. The Morgan fingerprint density at radius 2 is 1.83 bits per heavy atom. The predicted molar refractivity (Wildman–Crippen MR) is 79.1 cm³/mol. The highest BCUT2D eigenvalue weighted by Crippen LogP contribution is 2.20. The number of rotatable bonds is 4. The number of benzene rings is 1. The van der Waals surface area contributed by atoms with Crippen molar-refractivity contribution in [1.82, 2.24) is 5.32 Å². The number of carbonyl (C=O) groups is 2. The first-order valence-corrected chi connectivity index (χ1v) is 7.39. The van der Waals surface area contributed by atoms with Crippen LogP contribution >= 0.6 is 0 Å². The molecular weight excluding hydrogens is 309 g/mol. The molecule has 0 aliphatic heterocycles. The van der Waals surface area contributed by atoms with E-state index in [0.29, 0.717) is 19.0 Å². The van der Waals surface area contributed by atoms with Gasteiger partial charge < -0.3 is 10.6 Å². The summed E-state index contributed by atoms with van der Waals surface area (Å²) in [5.41, 5.74) is 0.655. The van der Waals surface area contributed by atoms with Gasteiger partial charge in [-0.05, 0) is 44.2 Å². The molecule has 4 nitrogen and oxygen atoms in total. The zero-order valence-electron chi connectivity index (χ0n) is 12.4. The lowest BCUT2D eigenvalue weighted by molar-refractivity contribution is -0.136. The summed E-state index contributed by atoms with van der Waals surface area (Å²) in [7, 11) is 0. The smallest absolute Gasteiger partial charge is 0.313 e. The minimum Gasteiger partial charge on any atom is -0.348 e. The largest absolute Gasteiger partial charge is 0.348 e. The highest BCUT2D eigenvalue weighted by atomic mass is 19.2. The van der Waals surface area contributed by atoms with E-state index >= 15 is 0 Å². The first-order chi connectivity index (χ1) is 11.0. The van der Waals surface area contributed by atoms with Crippen LogP contribution in [-0.2, 0) is 9.59 Å². The Kier molecular flexibility index (Phi) is 5.78. The van der Waals surface area contributed by atoms with Crippen LogP contribution in [0.1, 0.15) is 32.1 Å². The maximum absolute atomic E-state index is 13.4. The molecule has 124 valence electrons. The lowest BCUT2D eigenvalue weighted by atomic mass is 9.97. The second-order valence-corrected chi connectivity index (χ2v) is 5.29. The van der Waals surface area contributed by atoms with Gasteiger partial charge in [0.2, 0.25) is 0 Å². The van der Waals surface area contributed by atoms with Crippen LogP contribution in [-0.4, -0.2) is 18.4 Å². The first-order valence-electron chi connectivity index (χ1n) is 7.39. The fourth-order valence-corrected chi connectivity index (χ4v) is 2.35. The summed E-state index contributed by atoms with van der Waals surface area (Å²) in [6.45, 7) is 0.290. The maximum atomic E-state index is 13.4. The third-order valence-corrected chi connectivity index (χ3v) is 3.61. The topological polar surface area (TPSA) is 58.2 Å². The third-order valence-electron chi connectivity index (χ3n) is 3.61. The summed E-state index contributed by atoms with van der Waals surface area (Å²) in [6.07, 6.45) is 7.08. The molecule has 0 spiro atoms. The van der Waals surface area contributed by atoms with E-state index in [9.17, 15) is 22.8 Å². The summed E-state index contributed by atoms with van der Waals surface area (Å²) in [4.78, 5) is 23.2. The Bertz CT molecular complexity index is 644. The molecule has 0 radical (unpaired) electrons. The number of anilines is 1. The van der Waals surface area contributed by atoms with Gasteiger partial charge in [-0.2, -0.15) is 0 Å². The van der Waals surface area contributed by atoms with Crippen LogP contribution in [0.5, 0.6) is 0 Å². The lowest BCUT2D eigenvalue weighted by Crippen LogP contribution is -2.36. The van der Waals surface area contributed by atoms with Crippen molar-refractivity contribution < 1.29 is 22.8 Å². The van der Waals surface area contributed by atoms with Gasteiger partial charge in [0.15, 0.2) is 17.5 Å². The Hall–Kier alpha value is -2.31. The molecule has 0 aromatic heterocycles. The van der Waals surface area contributed by atoms with Crippen molar-refractivity contribution in [1.29, 1.82) is 0 Å². The van der Waals surface area contributed by atoms with E-state index in [1.807, 2.05) is 5.32 Å². The molecule has 7 heteroatoms. The van der Waals surface area contributed by atoms with Crippen molar-refractivity contribution in [2.45, 2.75) is 32.1 Å². The van der Waals surface area contributed by atoms with Crippen molar-refractivity contribution in [3.8, 4) is 0 Å². The van der Waals surface area contributed by atoms with E-state index in [4.69, 9.17) is 0 Å². The SMILES string of the molecule is O=C(NCCC1=CCCCC1)C(=O)Nc1ccc(F)c(F)c1F. The van der Waals surface area contributed by atoms with Gasteiger partial charge in [0.1, 0.15) is 0 Å². The van der Waals surface area contributed by atoms with Crippen molar-refractivity contribution in [2.24, 2.45) is 0 Å². The molecule has 1 aromatic carbocycles. The van der Waals surface area contributed by atoms with Crippen molar-refractivity contribution in [3.05, 3.63) is 41.2 Å². The molecule has 1 aromatic rings. The third kappa shape index (κ3) is 4.58. The summed E-state index contributed by atoms with van der Waals surface area (Å²) in [5.74, 6) is -6.70. The van der Waals surface area contributed by atoms with Crippen LogP contribution in [0.4, 0.5) is 18.9 Å². The molecule has 2 rings (SSSR count). The van der Waals surface area contributed by atoms with Gasteiger partial charge in [-0.15, -0.1) is 0 Å². The van der Waals surface area contributed by atoms with Gasteiger partial charge in [-0.25, -0.2) is 13.2 Å². The summed E-state index contributed by atoms with van der Waals surface area (Å²) < 4.78 is 39.2. The molecule has 0 saturated carbocycles. The molecule has 0 unspecified atom stereocenters. The Balaban J connectivity index is 1.84. The average molecular weight is 326 g/mol. The van der Waals surface area contributed by atoms with Gasteiger partial charge in [0.25, 0.3) is 0 Å². The van der Waals surface area contributed by atoms with Crippen molar-refractivity contribution >= 4 is 17.5 Å². The van der Waals surface area contributed by atoms with E-state index in [0.717, 1.165) is 31.7 Å². The number of allylic oxidation sites excluding steroid dienone is 1. The van der Waals surface area contributed by atoms with Gasteiger partial charge in [0, 0.05) is 6.54 Å². The minimum atomic E-state index is -1.70. The quantitative estimate of drug-likeness (QED) is 0.507. The molecule has 1 aliphatic rings. The Morgan fingerprint density at radius 1 is 1.04 bits per heavy atom. The molecular formula is C16H17F3N2O2. The maximum Gasteiger partial charge on any atom is 0.313 e. The van der Waals surface area contributed by atoms with E-state index in [2.05, 4.69) is 11.4 Å². The van der Waals surface area contributed by atoms with E-state index in [1.54, 1.807) is 0 Å². The van der Waals surface area contributed by atoms with Crippen LogP contribution in [0.3, 0.4) is 0 Å². The normalized spacial score (nSPS) is 14.1. The fourth-order valence-electron chi connectivity index (χ4n) is 2.35. The highest BCUT2D eigenvalue weighted by Gasteiger charge is 2.19. The number of carbonyl (C=O) groups excluding carboxylic acids is 2. The van der Waals surface area contributed by atoms with Gasteiger partial charge in [-0.1, -0.05) is 11.6 Å². The van der Waals surface area contributed by atoms with E-state index in [1.165, 1.54) is 5.57 Å². The molecule has 0 atom stereocenters. The second kappa shape index (κ2) is 7.80. The second-order valence-electron chi connectivity index (χ2n) is 5.29. The van der Waals surface area contributed by atoms with Crippen LogP contribution in [0, 0.1) is 17.5 Å². The number of halogens is 3. The van der Waals surface area contributed by atoms with Gasteiger partial charge in [0.05, 0.1) is 5.69 Å². The van der Waals surface area contributed by atoms with Gasteiger partial charge in [-0.3, -0.25) is 9.59 Å².